The molecular formula is C11H10N2O. The van der Waals surface area contributed by atoms with Gasteiger partial charge in [0.05, 0.1) is 17.4 Å². The predicted octanol–water partition coefficient (Wildman–Crippen LogP) is 1.59. The van der Waals surface area contributed by atoms with Crippen molar-refractivity contribution < 1.29 is 4.74 Å². The summed E-state index contributed by atoms with van der Waals surface area (Å²) in [5.74, 6) is 3.18. The highest BCUT2D eigenvalue weighted by Crippen LogP contribution is 2.18. The summed E-state index contributed by atoms with van der Waals surface area (Å²) in [4.78, 5) is 4.22. The maximum Gasteiger partial charge on any atom is 0.148 e. The highest BCUT2D eigenvalue weighted by molar-refractivity contribution is 5.76. The Morgan fingerprint density at radius 2 is 2.43 bits per heavy atom. The molecule has 1 heterocycles. The van der Waals surface area contributed by atoms with Gasteiger partial charge in [0.2, 0.25) is 0 Å². The molecule has 0 amide bonds. The SMILES string of the molecule is C#CCOc1ccc2c(c1)ncn2C. The number of aromatic nitrogens is 2. The van der Waals surface area contributed by atoms with Crippen LogP contribution in [0.2, 0.25) is 0 Å². The molecule has 0 aliphatic heterocycles. The molecule has 1 aromatic carbocycles. The second-order valence-electron chi connectivity index (χ2n) is 3.00. The molecule has 0 fully saturated rings. The molecule has 0 radical (unpaired) electrons. The van der Waals surface area contributed by atoms with Crippen molar-refractivity contribution in [2.75, 3.05) is 6.61 Å². The number of terminal acetylenes is 1. The van der Waals surface area contributed by atoms with E-state index in [0.717, 1.165) is 16.8 Å². The van der Waals surface area contributed by atoms with E-state index in [1.54, 1.807) is 6.33 Å². The van der Waals surface area contributed by atoms with Gasteiger partial charge >= 0.3 is 0 Å². The van der Waals surface area contributed by atoms with Crippen LogP contribution in [-0.4, -0.2) is 16.2 Å². The molecule has 2 aromatic rings. The van der Waals surface area contributed by atoms with E-state index in [-0.39, 0.29) is 0 Å². The number of ether oxygens (including phenoxy) is 1. The zero-order valence-corrected chi connectivity index (χ0v) is 7.90. The molecule has 3 nitrogen and oxygen atoms in total. The third-order valence-corrected chi connectivity index (χ3v) is 2.02. The monoisotopic (exact) mass is 186 g/mol. The Morgan fingerprint density at radius 3 is 3.21 bits per heavy atom. The number of benzene rings is 1. The largest absolute Gasteiger partial charge is 0.481 e. The van der Waals surface area contributed by atoms with E-state index in [1.807, 2.05) is 29.8 Å². The Balaban J connectivity index is 2.38. The number of hydrogen-bond donors (Lipinski definition) is 0. The van der Waals surface area contributed by atoms with Gasteiger partial charge in [-0.05, 0) is 12.1 Å². The lowest BCUT2D eigenvalue weighted by Crippen LogP contribution is -1.93. The molecule has 0 atom stereocenters. The van der Waals surface area contributed by atoms with Gasteiger partial charge in [-0.1, -0.05) is 5.92 Å². The van der Waals surface area contributed by atoms with Crippen LogP contribution in [0, 0.1) is 12.3 Å². The highest BCUT2D eigenvalue weighted by atomic mass is 16.5. The molecule has 0 aliphatic rings. The third kappa shape index (κ3) is 1.42. The fourth-order valence-corrected chi connectivity index (χ4v) is 1.33. The standard InChI is InChI=1S/C11H10N2O/c1-3-6-14-9-4-5-11-10(7-9)12-8-13(11)2/h1,4-5,7-8H,6H2,2H3. The Hall–Kier alpha value is -1.95. The lowest BCUT2D eigenvalue weighted by atomic mass is 10.3. The van der Waals surface area contributed by atoms with Crippen LogP contribution in [0.5, 0.6) is 5.75 Å². The van der Waals surface area contributed by atoms with Crippen molar-refractivity contribution in [3.63, 3.8) is 0 Å². The van der Waals surface area contributed by atoms with Crippen molar-refractivity contribution >= 4 is 11.0 Å². The van der Waals surface area contributed by atoms with Crippen molar-refractivity contribution in [2.45, 2.75) is 0 Å². The van der Waals surface area contributed by atoms with E-state index in [2.05, 4.69) is 10.9 Å². The first-order valence-electron chi connectivity index (χ1n) is 4.28. The number of rotatable bonds is 2. The van der Waals surface area contributed by atoms with Gasteiger partial charge in [-0.2, -0.15) is 0 Å². The highest BCUT2D eigenvalue weighted by Gasteiger charge is 2.00. The molecule has 70 valence electrons. The van der Waals surface area contributed by atoms with Gasteiger partial charge < -0.3 is 9.30 Å². The van der Waals surface area contributed by atoms with Crippen LogP contribution in [0.25, 0.3) is 11.0 Å². The van der Waals surface area contributed by atoms with E-state index < -0.39 is 0 Å². The van der Waals surface area contributed by atoms with Gasteiger partial charge in [0.25, 0.3) is 0 Å². The maximum atomic E-state index is 5.29. The van der Waals surface area contributed by atoms with Crippen molar-refractivity contribution in [1.29, 1.82) is 0 Å². The fourth-order valence-electron chi connectivity index (χ4n) is 1.33. The molecular weight excluding hydrogens is 176 g/mol. The molecule has 0 aliphatic carbocycles. The second kappa shape index (κ2) is 3.43. The van der Waals surface area contributed by atoms with Gasteiger partial charge in [-0.25, -0.2) is 4.98 Å². The van der Waals surface area contributed by atoms with Gasteiger partial charge in [-0.15, -0.1) is 6.42 Å². The first kappa shape index (κ1) is 8.64. The van der Waals surface area contributed by atoms with Gasteiger partial charge in [-0.3, -0.25) is 0 Å². The quantitative estimate of drug-likeness (QED) is 0.666. The van der Waals surface area contributed by atoms with Crippen molar-refractivity contribution in [2.24, 2.45) is 7.05 Å². The summed E-state index contributed by atoms with van der Waals surface area (Å²) in [5, 5.41) is 0. The Morgan fingerprint density at radius 1 is 1.57 bits per heavy atom. The number of fused-ring (bicyclic) bond motifs is 1. The Labute approximate surface area is 82.3 Å². The smallest absolute Gasteiger partial charge is 0.148 e. The molecule has 0 N–H and O–H groups in total. The number of nitrogens with zero attached hydrogens (tertiary/aromatic N) is 2. The van der Waals surface area contributed by atoms with Gasteiger partial charge in [0.15, 0.2) is 0 Å². The Bertz CT molecular complexity index is 493. The molecule has 2 rings (SSSR count). The number of imidazole rings is 1. The summed E-state index contributed by atoms with van der Waals surface area (Å²) in [7, 11) is 1.96. The summed E-state index contributed by atoms with van der Waals surface area (Å²) in [6, 6.07) is 5.74. The van der Waals surface area contributed by atoms with Crippen LogP contribution < -0.4 is 4.74 Å². The summed E-state index contributed by atoms with van der Waals surface area (Å²) in [6.45, 7) is 0.290. The van der Waals surface area contributed by atoms with Crippen LogP contribution in [0.15, 0.2) is 24.5 Å². The number of aryl methyl sites for hydroxylation is 1. The molecule has 0 bridgehead atoms. The fraction of sp³-hybridized carbons (Fsp3) is 0.182. The van der Waals surface area contributed by atoms with E-state index >= 15 is 0 Å². The minimum atomic E-state index is 0.290. The predicted molar refractivity (Wildman–Crippen MR) is 55.0 cm³/mol. The third-order valence-electron chi connectivity index (χ3n) is 2.02. The van der Waals surface area contributed by atoms with Crippen LogP contribution >= 0.6 is 0 Å². The summed E-state index contributed by atoms with van der Waals surface area (Å²) < 4.78 is 7.25. The summed E-state index contributed by atoms with van der Waals surface area (Å²) >= 11 is 0. The normalized spacial score (nSPS) is 10.0. The van der Waals surface area contributed by atoms with E-state index in [4.69, 9.17) is 11.2 Å². The molecule has 0 spiro atoms. The van der Waals surface area contributed by atoms with Crippen LogP contribution in [0.1, 0.15) is 0 Å². The van der Waals surface area contributed by atoms with E-state index in [1.165, 1.54) is 0 Å². The van der Waals surface area contributed by atoms with Crippen LogP contribution in [0.4, 0.5) is 0 Å². The van der Waals surface area contributed by atoms with Crippen molar-refractivity contribution in [3.05, 3.63) is 24.5 Å². The summed E-state index contributed by atoms with van der Waals surface area (Å²) in [6.07, 6.45) is 6.87. The Kier molecular flexibility index (Phi) is 2.11. The molecule has 14 heavy (non-hydrogen) atoms. The lowest BCUT2D eigenvalue weighted by Gasteiger charge is -2.01. The van der Waals surface area contributed by atoms with Crippen molar-refractivity contribution in [3.8, 4) is 18.1 Å². The van der Waals surface area contributed by atoms with Crippen LogP contribution in [0.3, 0.4) is 0 Å². The summed E-state index contributed by atoms with van der Waals surface area (Å²) in [5.41, 5.74) is 2.00. The van der Waals surface area contributed by atoms with E-state index in [9.17, 15) is 0 Å². The average molecular weight is 186 g/mol. The van der Waals surface area contributed by atoms with Crippen molar-refractivity contribution in [1.82, 2.24) is 9.55 Å². The topological polar surface area (TPSA) is 27.1 Å². The lowest BCUT2D eigenvalue weighted by molar-refractivity contribution is 0.371. The molecule has 3 heteroatoms. The van der Waals surface area contributed by atoms with Gasteiger partial charge in [0, 0.05) is 13.1 Å². The zero-order chi connectivity index (χ0) is 9.97. The zero-order valence-electron chi connectivity index (χ0n) is 7.90. The second-order valence-corrected chi connectivity index (χ2v) is 3.00. The molecule has 0 saturated carbocycles. The van der Waals surface area contributed by atoms with Crippen LogP contribution in [-0.2, 0) is 7.05 Å². The number of hydrogen-bond acceptors (Lipinski definition) is 2. The first-order chi connectivity index (χ1) is 6.81. The average Bonchev–Trinajstić information content (AvgIpc) is 2.57. The molecule has 1 aromatic heterocycles. The molecule has 0 saturated heterocycles. The first-order valence-corrected chi connectivity index (χ1v) is 4.28. The van der Waals surface area contributed by atoms with E-state index in [0.29, 0.717) is 6.61 Å². The molecule has 0 unspecified atom stereocenters. The minimum absolute atomic E-state index is 0.290. The van der Waals surface area contributed by atoms with Gasteiger partial charge in [0.1, 0.15) is 12.4 Å². The maximum absolute atomic E-state index is 5.29. The minimum Gasteiger partial charge on any atom is -0.481 e.